The summed E-state index contributed by atoms with van der Waals surface area (Å²) in [5, 5.41) is 39.9. The lowest BCUT2D eigenvalue weighted by Gasteiger charge is -2.38. The summed E-state index contributed by atoms with van der Waals surface area (Å²) in [6.07, 6.45) is 44.6. The summed E-state index contributed by atoms with van der Waals surface area (Å²) in [6.45, 7) is 3.69. The number of carbonyl (C=O) groups excluding carboxylic acids is 2. The van der Waals surface area contributed by atoms with Crippen LogP contribution in [0.25, 0.3) is 0 Å². The van der Waals surface area contributed by atoms with Crippen molar-refractivity contribution in [2.75, 3.05) is 13.2 Å². The van der Waals surface area contributed by atoms with Gasteiger partial charge < -0.3 is 39.4 Å². The fraction of sp³-hybridized carbons (Fsp3) is 0.796. The average molecular weight is 919 g/mol. The maximum Gasteiger partial charge on any atom is 0.335 e. The summed E-state index contributed by atoms with van der Waals surface area (Å²) in [5.41, 5.74) is 0. The number of carbonyl (C=O) groups is 3. The number of aliphatic carboxylic acids is 1. The number of aliphatic hydroxyl groups excluding tert-OH is 3. The molecule has 0 spiro atoms. The number of esters is 2. The summed E-state index contributed by atoms with van der Waals surface area (Å²) in [7, 11) is 0. The lowest BCUT2D eigenvalue weighted by Crippen LogP contribution is -2.60. The minimum Gasteiger partial charge on any atom is -0.479 e. The van der Waals surface area contributed by atoms with Crippen molar-refractivity contribution in [3.63, 3.8) is 0 Å². The summed E-state index contributed by atoms with van der Waals surface area (Å²) in [6, 6.07) is 0. The quantitative estimate of drug-likeness (QED) is 0.0261. The SMILES string of the molecule is CC/C=C\C/C=C\C/C=C\C/C=C\CCCCC(=O)OCC(COC1OC(C(=O)O)C(O)C(O)C1O)OC(=O)CCCCCCCCCCCCCCCCCCCCCCCCCC. The molecule has 0 aromatic carbocycles. The minimum atomic E-state index is -1.87. The van der Waals surface area contributed by atoms with Gasteiger partial charge in [-0.05, 0) is 51.4 Å². The van der Waals surface area contributed by atoms with Gasteiger partial charge in [-0.1, -0.05) is 210 Å². The van der Waals surface area contributed by atoms with E-state index in [9.17, 15) is 34.8 Å². The summed E-state index contributed by atoms with van der Waals surface area (Å²) in [5.74, 6) is -2.49. The van der Waals surface area contributed by atoms with E-state index in [1.165, 1.54) is 128 Å². The maximum absolute atomic E-state index is 12.8. The van der Waals surface area contributed by atoms with Gasteiger partial charge in [0.1, 0.15) is 24.9 Å². The lowest BCUT2D eigenvalue weighted by atomic mass is 9.99. The van der Waals surface area contributed by atoms with Gasteiger partial charge in [-0.2, -0.15) is 0 Å². The van der Waals surface area contributed by atoms with Gasteiger partial charge in [0.2, 0.25) is 0 Å². The zero-order valence-corrected chi connectivity index (χ0v) is 41.0. The number of hydrogen-bond donors (Lipinski definition) is 4. The zero-order chi connectivity index (χ0) is 47.4. The standard InChI is InChI=1S/C54H94O11/c1-3-5-7-9-11-13-15-17-19-20-21-22-23-24-25-26-27-29-31-33-35-37-39-41-43-48(56)64-46(45-63-54-51(59)49(57)50(58)52(65-54)53(60)61)44-62-47(55)42-40-38-36-34-32-30-28-18-16-14-12-10-8-6-4-2/h6,8,12,14,18,28,32,34,46,49-52,54,57-59H,3-5,7,9-11,13,15-17,19-27,29-31,33,35-45H2,1-2H3,(H,60,61)/b8-6-,14-12-,28-18-,34-32-. The highest BCUT2D eigenvalue weighted by Gasteiger charge is 2.47. The molecule has 1 aliphatic rings. The number of carboxylic acid groups (broad SMARTS) is 1. The average Bonchev–Trinajstić information content (AvgIpc) is 3.29. The van der Waals surface area contributed by atoms with Crippen LogP contribution in [0.1, 0.15) is 226 Å². The smallest absolute Gasteiger partial charge is 0.335 e. The van der Waals surface area contributed by atoms with E-state index in [0.29, 0.717) is 12.8 Å². The summed E-state index contributed by atoms with van der Waals surface area (Å²) in [4.78, 5) is 37.0. The highest BCUT2D eigenvalue weighted by Crippen LogP contribution is 2.23. The third kappa shape index (κ3) is 35.0. The molecule has 6 atom stereocenters. The van der Waals surface area contributed by atoms with Gasteiger partial charge in [-0.3, -0.25) is 9.59 Å². The molecular weight excluding hydrogens is 825 g/mol. The Labute approximate surface area is 394 Å². The molecule has 6 unspecified atom stereocenters. The van der Waals surface area contributed by atoms with Crippen molar-refractivity contribution in [1.29, 1.82) is 0 Å². The van der Waals surface area contributed by atoms with Crippen LogP contribution in [0.4, 0.5) is 0 Å². The van der Waals surface area contributed by atoms with Crippen molar-refractivity contribution in [2.45, 2.75) is 263 Å². The highest BCUT2D eigenvalue weighted by molar-refractivity contribution is 5.73. The molecule has 0 bridgehead atoms. The minimum absolute atomic E-state index is 0.176. The van der Waals surface area contributed by atoms with E-state index in [1.807, 2.05) is 0 Å². The Morgan fingerprint density at radius 3 is 1.37 bits per heavy atom. The number of aliphatic hydroxyl groups is 3. The molecule has 0 aliphatic carbocycles. The second-order valence-electron chi connectivity index (χ2n) is 18.0. The van der Waals surface area contributed by atoms with Crippen LogP contribution in [0.3, 0.4) is 0 Å². The Bertz CT molecular complexity index is 1260. The van der Waals surface area contributed by atoms with Crippen LogP contribution in [-0.4, -0.2) is 88.4 Å². The Balaban J connectivity index is 2.27. The van der Waals surface area contributed by atoms with Crippen molar-refractivity contribution in [3.8, 4) is 0 Å². The molecule has 0 aromatic heterocycles. The van der Waals surface area contributed by atoms with Crippen LogP contribution >= 0.6 is 0 Å². The summed E-state index contributed by atoms with van der Waals surface area (Å²) < 4.78 is 21.8. The van der Waals surface area contributed by atoms with Crippen molar-refractivity contribution in [2.24, 2.45) is 0 Å². The number of allylic oxidation sites excluding steroid dienone is 8. The van der Waals surface area contributed by atoms with Crippen LogP contribution in [-0.2, 0) is 33.3 Å². The number of hydrogen-bond acceptors (Lipinski definition) is 10. The monoisotopic (exact) mass is 919 g/mol. The van der Waals surface area contributed by atoms with Gasteiger partial charge in [0.25, 0.3) is 0 Å². The van der Waals surface area contributed by atoms with E-state index in [0.717, 1.165) is 57.8 Å². The van der Waals surface area contributed by atoms with E-state index < -0.39 is 61.3 Å². The first-order valence-corrected chi connectivity index (χ1v) is 26.2. The molecule has 1 heterocycles. The first kappa shape index (κ1) is 60.2. The molecule has 1 aliphatic heterocycles. The molecule has 0 aromatic rings. The molecule has 11 nitrogen and oxygen atoms in total. The second-order valence-corrected chi connectivity index (χ2v) is 18.0. The van der Waals surface area contributed by atoms with Crippen molar-refractivity contribution >= 4 is 17.9 Å². The van der Waals surface area contributed by atoms with Gasteiger partial charge in [0.05, 0.1) is 6.61 Å². The number of unbranched alkanes of at least 4 members (excludes halogenated alkanes) is 25. The van der Waals surface area contributed by atoms with Crippen molar-refractivity contribution in [1.82, 2.24) is 0 Å². The molecule has 4 N–H and O–H groups in total. The van der Waals surface area contributed by atoms with E-state index in [1.54, 1.807) is 0 Å². The Kier molecular flexibility index (Phi) is 40.5. The molecule has 65 heavy (non-hydrogen) atoms. The van der Waals surface area contributed by atoms with Crippen molar-refractivity contribution < 1.29 is 53.8 Å². The predicted octanol–water partition coefficient (Wildman–Crippen LogP) is 12.5. The largest absolute Gasteiger partial charge is 0.479 e. The Morgan fingerprint density at radius 1 is 0.492 bits per heavy atom. The number of rotatable bonds is 44. The molecule has 0 amide bonds. The highest BCUT2D eigenvalue weighted by atomic mass is 16.7. The fourth-order valence-electron chi connectivity index (χ4n) is 7.87. The molecule has 11 heteroatoms. The van der Waals surface area contributed by atoms with Crippen LogP contribution in [0.2, 0.25) is 0 Å². The molecule has 1 rings (SSSR count). The van der Waals surface area contributed by atoms with Gasteiger partial charge in [0.15, 0.2) is 18.5 Å². The molecule has 0 saturated carbocycles. The molecule has 376 valence electrons. The Hall–Kier alpha value is -2.83. The van der Waals surface area contributed by atoms with Crippen molar-refractivity contribution in [3.05, 3.63) is 48.6 Å². The maximum atomic E-state index is 12.8. The molecule has 1 fully saturated rings. The normalized spacial score (nSPS) is 19.6. The number of ether oxygens (including phenoxy) is 4. The third-order valence-corrected chi connectivity index (χ3v) is 11.9. The van der Waals surface area contributed by atoms with E-state index in [2.05, 4.69) is 62.5 Å². The van der Waals surface area contributed by atoms with Gasteiger partial charge in [-0.15, -0.1) is 0 Å². The third-order valence-electron chi connectivity index (χ3n) is 11.9. The molecule has 1 saturated heterocycles. The molecule has 0 radical (unpaired) electrons. The van der Waals surface area contributed by atoms with E-state index in [-0.39, 0.29) is 19.4 Å². The Morgan fingerprint density at radius 2 is 0.908 bits per heavy atom. The summed E-state index contributed by atoms with van der Waals surface area (Å²) >= 11 is 0. The zero-order valence-electron chi connectivity index (χ0n) is 41.0. The van der Waals surface area contributed by atoms with Crippen LogP contribution in [0.15, 0.2) is 48.6 Å². The first-order chi connectivity index (χ1) is 31.7. The predicted molar refractivity (Wildman–Crippen MR) is 261 cm³/mol. The van der Waals surface area contributed by atoms with E-state index >= 15 is 0 Å². The number of carboxylic acids is 1. The topological polar surface area (TPSA) is 169 Å². The van der Waals surface area contributed by atoms with Gasteiger partial charge in [-0.25, -0.2) is 4.79 Å². The van der Waals surface area contributed by atoms with Crippen LogP contribution in [0.5, 0.6) is 0 Å². The fourth-order valence-corrected chi connectivity index (χ4v) is 7.87. The molecular formula is C54H94O11. The van der Waals surface area contributed by atoms with Crippen LogP contribution in [0, 0.1) is 0 Å². The first-order valence-electron chi connectivity index (χ1n) is 26.2. The van der Waals surface area contributed by atoms with Crippen LogP contribution < -0.4 is 0 Å². The lowest BCUT2D eigenvalue weighted by molar-refractivity contribution is -0.298. The second kappa shape index (κ2) is 43.7. The van der Waals surface area contributed by atoms with Gasteiger partial charge in [0, 0.05) is 12.8 Å². The van der Waals surface area contributed by atoms with Gasteiger partial charge >= 0.3 is 17.9 Å². The van der Waals surface area contributed by atoms with E-state index in [4.69, 9.17) is 18.9 Å².